The number of nitrogens with zero attached hydrogens (tertiary/aromatic N) is 3. The monoisotopic (exact) mass is 335 g/mol. The first kappa shape index (κ1) is 15.7. The van der Waals surface area contributed by atoms with E-state index in [-0.39, 0.29) is 0 Å². The second kappa shape index (κ2) is 5.92. The van der Waals surface area contributed by atoms with Crippen LogP contribution >= 0.6 is 0 Å². The van der Waals surface area contributed by atoms with E-state index in [1.165, 1.54) is 5.52 Å². The van der Waals surface area contributed by atoms with Crippen LogP contribution in [-0.4, -0.2) is 28.8 Å². The molecule has 0 aliphatic heterocycles. The van der Waals surface area contributed by atoms with E-state index >= 15 is 0 Å². The summed E-state index contributed by atoms with van der Waals surface area (Å²) in [6.07, 6.45) is 0. The van der Waals surface area contributed by atoms with Crippen molar-refractivity contribution < 1.29 is 9.47 Å². The van der Waals surface area contributed by atoms with Crippen molar-refractivity contribution in [1.82, 2.24) is 14.5 Å². The van der Waals surface area contributed by atoms with Gasteiger partial charge >= 0.3 is 0 Å². The minimum atomic E-state index is 0.516. The van der Waals surface area contributed by atoms with Gasteiger partial charge in [-0.2, -0.15) is 0 Å². The van der Waals surface area contributed by atoms with Crippen LogP contribution in [0.1, 0.15) is 13.8 Å². The molecule has 0 radical (unpaired) electrons. The number of aromatic nitrogens is 3. The van der Waals surface area contributed by atoms with Crippen LogP contribution < -0.4 is 9.47 Å². The van der Waals surface area contributed by atoms with Gasteiger partial charge in [-0.3, -0.25) is 0 Å². The molecule has 0 aliphatic carbocycles. The first-order valence-corrected chi connectivity index (χ1v) is 8.43. The molecule has 128 valence electrons. The van der Waals surface area contributed by atoms with Crippen molar-refractivity contribution in [3.8, 4) is 11.5 Å². The van der Waals surface area contributed by atoms with Gasteiger partial charge in [0.25, 0.3) is 0 Å². The molecular weight excluding hydrogens is 314 g/mol. The van der Waals surface area contributed by atoms with Crippen LogP contribution in [0.15, 0.2) is 36.4 Å². The SMILES string of the molecule is COc1cc2nc3c4ccccc4n(CC(C)C)c3nc2cc1OC. The average molecular weight is 335 g/mol. The normalized spacial score (nSPS) is 11.7. The number of methoxy groups -OCH3 is 2. The molecule has 0 N–H and O–H groups in total. The lowest BCUT2D eigenvalue weighted by Crippen LogP contribution is -2.05. The first-order valence-electron chi connectivity index (χ1n) is 8.43. The second-order valence-electron chi connectivity index (χ2n) is 6.61. The van der Waals surface area contributed by atoms with E-state index in [2.05, 4.69) is 36.6 Å². The summed E-state index contributed by atoms with van der Waals surface area (Å²) in [5.74, 6) is 1.84. The number of rotatable bonds is 4. The van der Waals surface area contributed by atoms with Crippen LogP contribution in [0.5, 0.6) is 11.5 Å². The van der Waals surface area contributed by atoms with E-state index in [0.717, 1.165) is 34.1 Å². The summed E-state index contributed by atoms with van der Waals surface area (Å²) in [4.78, 5) is 9.82. The van der Waals surface area contributed by atoms with Gasteiger partial charge in [-0.15, -0.1) is 0 Å². The number of fused-ring (bicyclic) bond motifs is 4. The van der Waals surface area contributed by atoms with Crippen molar-refractivity contribution >= 4 is 33.1 Å². The third-order valence-corrected chi connectivity index (χ3v) is 4.40. The van der Waals surface area contributed by atoms with Crippen molar-refractivity contribution in [3.05, 3.63) is 36.4 Å². The van der Waals surface area contributed by atoms with Crippen molar-refractivity contribution in [2.75, 3.05) is 14.2 Å². The fourth-order valence-electron chi connectivity index (χ4n) is 3.32. The largest absolute Gasteiger partial charge is 0.493 e. The Morgan fingerprint density at radius 3 is 2.24 bits per heavy atom. The fourth-order valence-corrected chi connectivity index (χ4v) is 3.32. The highest BCUT2D eigenvalue weighted by Crippen LogP contribution is 2.34. The van der Waals surface area contributed by atoms with Gasteiger partial charge in [0.2, 0.25) is 0 Å². The number of para-hydroxylation sites is 1. The maximum atomic E-state index is 5.41. The lowest BCUT2D eigenvalue weighted by Gasteiger charge is -2.11. The van der Waals surface area contributed by atoms with Crippen molar-refractivity contribution in [1.29, 1.82) is 0 Å². The van der Waals surface area contributed by atoms with Gasteiger partial charge in [0.1, 0.15) is 5.52 Å². The molecule has 0 atom stereocenters. The Kier molecular flexibility index (Phi) is 3.71. The van der Waals surface area contributed by atoms with Gasteiger partial charge in [-0.25, -0.2) is 9.97 Å². The van der Waals surface area contributed by atoms with Gasteiger partial charge in [0, 0.05) is 24.1 Å². The highest BCUT2D eigenvalue weighted by Gasteiger charge is 2.16. The lowest BCUT2D eigenvalue weighted by molar-refractivity contribution is 0.355. The zero-order chi connectivity index (χ0) is 17.6. The molecule has 5 heteroatoms. The molecule has 0 saturated carbocycles. The van der Waals surface area contributed by atoms with E-state index in [9.17, 15) is 0 Å². The summed E-state index contributed by atoms with van der Waals surface area (Å²) in [6.45, 7) is 5.32. The van der Waals surface area contributed by atoms with Crippen molar-refractivity contribution in [2.24, 2.45) is 5.92 Å². The van der Waals surface area contributed by atoms with Crippen LogP contribution in [0, 0.1) is 5.92 Å². The molecule has 0 saturated heterocycles. The highest BCUT2D eigenvalue weighted by molar-refractivity contribution is 6.06. The maximum Gasteiger partial charge on any atom is 0.163 e. The number of hydrogen-bond acceptors (Lipinski definition) is 4. The van der Waals surface area contributed by atoms with E-state index in [4.69, 9.17) is 19.4 Å². The van der Waals surface area contributed by atoms with Gasteiger partial charge < -0.3 is 14.0 Å². The summed E-state index contributed by atoms with van der Waals surface area (Å²) in [5.41, 5.74) is 4.61. The highest BCUT2D eigenvalue weighted by atomic mass is 16.5. The Hall–Kier alpha value is -2.82. The standard InChI is InChI=1S/C20H21N3O2/c1-12(2)11-23-16-8-6-5-7-13(16)19-20(23)22-15-10-18(25-4)17(24-3)9-14(15)21-19/h5-10,12H,11H2,1-4H3. The van der Waals surface area contributed by atoms with Crippen LogP contribution in [0.25, 0.3) is 33.1 Å². The molecule has 2 aromatic carbocycles. The summed E-state index contributed by atoms with van der Waals surface area (Å²) < 4.78 is 13.1. The maximum absolute atomic E-state index is 5.41. The Morgan fingerprint density at radius 1 is 0.960 bits per heavy atom. The molecule has 2 aromatic heterocycles. The lowest BCUT2D eigenvalue weighted by atomic mass is 10.2. The Bertz CT molecular complexity index is 1080. The molecular formula is C20H21N3O2. The summed E-state index contributed by atoms with van der Waals surface area (Å²) in [7, 11) is 3.26. The third-order valence-electron chi connectivity index (χ3n) is 4.40. The Balaban J connectivity index is 2.10. The molecule has 0 bridgehead atoms. The van der Waals surface area contributed by atoms with E-state index in [1.807, 2.05) is 18.2 Å². The minimum absolute atomic E-state index is 0.516. The molecule has 5 nitrogen and oxygen atoms in total. The zero-order valence-electron chi connectivity index (χ0n) is 14.9. The topological polar surface area (TPSA) is 49.2 Å². The molecule has 4 aromatic rings. The molecule has 0 amide bonds. The molecule has 0 fully saturated rings. The van der Waals surface area contributed by atoms with Gasteiger partial charge in [-0.05, 0) is 12.0 Å². The molecule has 0 aliphatic rings. The molecule has 25 heavy (non-hydrogen) atoms. The number of hydrogen-bond donors (Lipinski definition) is 0. The quantitative estimate of drug-likeness (QED) is 0.554. The zero-order valence-corrected chi connectivity index (χ0v) is 14.9. The fraction of sp³-hybridized carbons (Fsp3) is 0.300. The predicted octanol–water partition coefficient (Wildman–Crippen LogP) is 4.41. The van der Waals surface area contributed by atoms with Crippen LogP contribution in [0.2, 0.25) is 0 Å². The van der Waals surface area contributed by atoms with Gasteiger partial charge in [0.15, 0.2) is 17.1 Å². The summed E-state index contributed by atoms with van der Waals surface area (Å²) in [6, 6.07) is 12.1. The van der Waals surface area contributed by atoms with Crippen molar-refractivity contribution in [3.63, 3.8) is 0 Å². The molecule has 4 rings (SSSR count). The minimum Gasteiger partial charge on any atom is -0.493 e. The number of ether oxygens (including phenoxy) is 2. The smallest absolute Gasteiger partial charge is 0.163 e. The van der Waals surface area contributed by atoms with Crippen LogP contribution in [-0.2, 0) is 6.54 Å². The predicted molar refractivity (Wildman–Crippen MR) is 100 cm³/mol. The van der Waals surface area contributed by atoms with Gasteiger partial charge in [0.05, 0.1) is 30.8 Å². The average Bonchev–Trinajstić information content (AvgIpc) is 2.91. The summed E-state index contributed by atoms with van der Waals surface area (Å²) in [5, 5.41) is 1.13. The molecule has 2 heterocycles. The van der Waals surface area contributed by atoms with Gasteiger partial charge in [-0.1, -0.05) is 32.0 Å². The second-order valence-corrected chi connectivity index (χ2v) is 6.61. The summed E-state index contributed by atoms with van der Waals surface area (Å²) >= 11 is 0. The van der Waals surface area contributed by atoms with Crippen LogP contribution in [0.4, 0.5) is 0 Å². The third kappa shape index (κ3) is 2.47. The number of benzene rings is 2. The Morgan fingerprint density at radius 2 is 1.60 bits per heavy atom. The molecule has 0 spiro atoms. The molecule has 0 unspecified atom stereocenters. The van der Waals surface area contributed by atoms with E-state index < -0.39 is 0 Å². The Labute approximate surface area is 146 Å². The van der Waals surface area contributed by atoms with Crippen LogP contribution in [0.3, 0.4) is 0 Å². The van der Waals surface area contributed by atoms with E-state index in [1.54, 1.807) is 14.2 Å². The van der Waals surface area contributed by atoms with Crippen molar-refractivity contribution in [2.45, 2.75) is 20.4 Å². The van der Waals surface area contributed by atoms with E-state index in [0.29, 0.717) is 17.4 Å². The first-order chi connectivity index (χ1) is 12.1.